The van der Waals surface area contributed by atoms with Crippen molar-refractivity contribution in [3.63, 3.8) is 0 Å². The fourth-order valence-corrected chi connectivity index (χ4v) is 4.50. The van der Waals surface area contributed by atoms with Crippen LogP contribution in [0.3, 0.4) is 0 Å². The van der Waals surface area contributed by atoms with Crippen molar-refractivity contribution in [3.05, 3.63) is 11.6 Å². The van der Waals surface area contributed by atoms with Gasteiger partial charge < -0.3 is 4.90 Å². The minimum Gasteiger partial charge on any atom is -0.334 e. The maximum atomic E-state index is 12.8. The van der Waals surface area contributed by atoms with Crippen molar-refractivity contribution in [1.29, 1.82) is 0 Å². The third kappa shape index (κ3) is 1.74. The molecule has 3 aliphatic heterocycles. The molecule has 0 spiro atoms. The first kappa shape index (κ1) is 15.3. The first-order chi connectivity index (χ1) is 9.99. The van der Waals surface area contributed by atoms with Gasteiger partial charge in [0, 0.05) is 24.4 Å². The van der Waals surface area contributed by atoms with E-state index in [0.717, 1.165) is 5.57 Å². The van der Waals surface area contributed by atoms with E-state index >= 15 is 0 Å². The second-order valence-corrected chi connectivity index (χ2v) is 8.26. The van der Waals surface area contributed by atoms with Crippen molar-refractivity contribution >= 4 is 17.7 Å². The van der Waals surface area contributed by atoms with Crippen molar-refractivity contribution in [2.45, 2.75) is 40.7 Å². The predicted molar refractivity (Wildman–Crippen MR) is 81.6 cm³/mol. The lowest BCUT2D eigenvalue weighted by Crippen LogP contribution is -2.64. The van der Waals surface area contributed by atoms with Crippen molar-refractivity contribution < 1.29 is 14.4 Å². The Kier molecular flexibility index (Phi) is 2.92. The highest BCUT2D eigenvalue weighted by molar-refractivity contribution is 6.07. The zero-order valence-electron chi connectivity index (χ0n) is 14.1. The Morgan fingerprint density at radius 3 is 2.41 bits per heavy atom. The molecule has 0 aromatic carbocycles. The molecule has 4 unspecified atom stereocenters. The molecule has 3 heterocycles. The molecule has 4 atom stereocenters. The van der Waals surface area contributed by atoms with E-state index in [1.165, 1.54) is 4.90 Å². The number of likely N-dealkylation sites (tertiary alicyclic amines) is 1. The standard InChI is InChI=1S/C17H24N2O3/c1-9-7-17(5)8-19(15(22)16(2,3)4)12(9)10-11(17)14(21)18(6)13(10)20/h7,10-12H,8H2,1-6H3. The van der Waals surface area contributed by atoms with Crippen LogP contribution in [-0.4, -0.2) is 47.2 Å². The number of hydrogen-bond acceptors (Lipinski definition) is 3. The predicted octanol–water partition coefficient (Wildman–Crippen LogP) is 1.44. The van der Waals surface area contributed by atoms with Gasteiger partial charge in [-0.05, 0) is 6.92 Å². The Bertz CT molecular complexity index is 616. The van der Waals surface area contributed by atoms with Gasteiger partial charge in [0.25, 0.3) is 0 Å². The summed E-state index contributed by atoms with van der Waals surface area (Å²) in [5.41, 5.74) is 0.0763. The van der Waals surface area contributed by atoms with Crippen LogP contribution in [0, 0.1) is 22.7 Å². The first-order valence-electron chi connectivity index (χ1n) is 7.81. The van der Waals surface area contributed by atoms with Crippen LogP contribution in [0.2, 0.25) is 0 Å². The summed E-state index contributed by atoms with van der Waals surface area (Å²) in [7, 11) is 1.55. The zero-order valence-corrected chi connectivity index (χ0v) is 14.1. The molecule has 22 heavy (non-hydrogen) atoms. The van der Waals surface area contributed by atoms with Crippen LogP contribution in [-0.2, 0) is 14.4 Å². The van der Waals surface area contributed by atoms with E-state index in [0.29, 0.717) is 6.54 Å². The van der Waals surface area contributed by atoms with E-state index in [1.54, 1.807) is 7.05 Å². The summed E-state index contributed by atoms with van der Waals surface area (Å²) in [6, 6.07) is -0.278. The van der Waals surface area contributed by atoms with Crippen molar-refractivity contribution in [2.24, 2.45) is 22.7 Å². The molecule has 0 saturated carbocycles. The summed E-state index contributed by atoms with van der Waals surface area (Å²) in [6.45, 7) is 10.2. The first-order valence-corrected chi connectivity index (χ1v) is 7.81. The Labute approximate surface area is 131 Å². The molecule has 4 rings (SSSR count). The summed E-state index contributed by atoms with van der Waals surface area (Å²) in [5, 5.41) is 0. The minimum atomic E-state index is -0.499. The molecular weight excluding hydrogens is 280 g/mol. The zero-order chi connectivity index (χ0) is 16.6. The molecule has 4 aliphatic rings. The summed E-state index contributed by atoms with van der Waals surface area (Å²) in [5.74, 6) is -0.959. The van der Waals surface area contributed by atoms with Crippen molar-refractivity contribution in [3.8, 4) is 0 Å². The van der Waals surface area contributed by atoms with Crippen molar-refractivity contribution in [1.82, 2.24) is 9.80 Å². The lowest BCUT2D eigenvalue weighted by atomic mass is 9.59. The molecule has 1 aliphatic carbocycles. The van der Waals surface area contributed by atoms with Crippen LogP contribution in [0.25, 0.3) is 0 Å². The van der Waals surface area contributed by atoms with E-state index in [2.05, 4.69) is 6.08 Å². The molecule has 0 N–H and O–H groups in total. The highest BCUT2D eigenvalue weighted by Crippen LogP contribution is 2.54. The summed E-state index contributed by atoms with van der Waals surface area (Å²) in [6.07, 6.45) is 2.11. The molecular formula is C17H24N2O3. The molecule has 2 bridgehead atoms. The van der Waals surface area contributed by atoms with Gasteiger partial charge in [-0.25, -0.2) is 0 Å². The molecule has 0 aromatic heterocycles. The Balaban J connectivity index is 2.11. The highest BCUT2D eigenvalue weighted by Gasteiger charge is 2.64. The van der Waals surface area contributed by atoms with Crippen LogP contribution in [0.1, 0.15) is 34.6 Å². The third-order valence-electron chi connectivity index (χ3n) is 5.40. The number of nitrogens with zero attached hydrogens (tertiary/aromatic N) is 2. The molecule has 5 heteroatoms. The number of fused-ring (bicyclic) bond motifs is 1. The maximum absolute atomic E-state index is 12.8. The number of rotatable bonds is 0. The van der Waals surface area contributed by atoms with Gasteiger partial charge in [0.1, 0.15) is 0 Å². The Morgan fingerprint density at radius 1 is 1.27 bits per heavy atom. The van der Waals surface area contributed by atoms with Crippen LogP contribution in [0.5, 0.6) is 0 Å². The molecule has 2 fully saturated rings. The highest BCUT2D eigenvalue weighted by atomic mass is 16.2. The second kappa shape index (κ2) is 4.21. The van der Waals surface area contributed by atoms with Crippen LogP contribution in [0.15, 0.2) is 11.6 Å². The second-order valence-electron chi connectivity index (χ2n) is 8.26. The Morgan fingerprint density at radius 2 is 1.86 bits per heavy atom. The van der Waals surface area contributed by atoms with E-state index < -0.39 is 16.7 Å². The number of piperidine rings is 1. The number of amides is 3. The lowest BCUT2D eigenvalue weighted by Gasteiger charge is -2.55. The number of imide groups is 1. The molecule has 0 aromatic rings. The quantitative estimate of drug-likeness (QED) is 0.502. The minimum absolute atomic E-state index is 0.0458. The maximum Gasteiger partial charge on any atom is 0.235 e. The Hall–Kier alpha value is -1.65. The van der Waals surface area contributed by atoms with Gasteiger partial charge in [-0.15, -0.1) is 0 Å². The van der Waals surface area contributed by atoms with Gasteiger partial charge in [0.2, 0.25) is 17.7 Å². The molecule has 5 nitrogen and oxygen atoms in total. The average molecular weight is 304 g/mol. The van der Waals surface area contributed by atoms with Crippen LogP contribution < -0.4 is 0 Å². The fourth-order valence-electron chi connectivity index (χ4n) is 4.50. The molecule has 2 saturated heterocycles. The van der Waals surface area contributed by atoms with Gasteiger partial charge in [0.15, 0.2) is 0 Å². The molecule has 0 radical (unpaired) electrons. The SMILES string of the molecule is CC1=CC2(C)CN(C(=O)C(C)(C)C)C1C1C(=O)N(C)C(=O)C12. The van der Waals surface area contributed by atoms with Gasteiger partial charge in [-0.1, -0.05) is 39.3 Å². The van der Waals surface area contributed by atoms with E-state index in [1.807, 2.05) is 39.5 Å². The summed E-state index contributed by atoms with van der Waals surface area (Å²) >= 11 is 0. The fraction of sp³-hybridized carbons (Fsp3) is 0.706. The molecule has 3 amide bonds. The third-order valence-corrected chi connectivity index (χ3v) is 5.40. The average Bonchev–Trinajstić information content (AvgIpc) is 2.62. The van der Waals surface area contributed by atoms with Gasteiger partial charge >= 0.3 is 0 Å². The van der Waals surface area contributed by atoms with Gasteiger partial charge in [-0.3, -0.25) is 19.3 Å². The van der Waals surface area contributed by atoms with Gasteiger partial charge in [0.05, 0.1) is 17.9 Å². The largest absolute Gasteiger partial charge is 0.334 e. The van der Waals surface area contributed by atoms with E-state index in [-0.39, 0.29) is 29.7 Å². The van der Waals surface area contributed by atoms with E-state index in [4.69, 9.17) is 0 Å². The smallest absolute Gasteiger partial charge is 0.235 e. The van der Waals surface area contributed by atoms with Crippen LogP contribution in [0.4, 0.5) is 0 Å². The number of carbonyl (C=O) groups excluding carboxylic acids is 3. The van der Waals surface area contributed by atoms with Crippen LogP contribution >= 0.6 is 0 Å². The topological polar surface area (TPSA) is 57.7 Å². The normalized spacial score (nSPS) is 37.5. The van der Waals surface area contributed by atoms with E-state index in [9.17, 15) is 14.4 Å². The number of carbonyl (C=O) groups is 3. The van der Waals surface area contributed by atoms with Crippen molar-refractivity contribution in [2.75, 3.05) is 13.6 Å². The monoisotopic (exact) mass is 304 g/mol. The number of hydrogen-bond donors (Lipinski definition) is 0. The summed E-state index contributed by atoms with van der Waals surface area (Å²) in [4.78, 5) is 41.0. The van der Waals surface area contributed by atoms with Gasteiger partial charge in [-0.2, -0.15) is 0 Å². The lowest BCUT2D eigenvalue weighted by molar-refractivity contribution is -0.154. The summed E-state index contributed by atoms with van der Waals surface area (Å²) < 4.78 is 0. The molecule has 120 valence electrons.